The Labute approximate surface area is 125 Å². The van der Waals surface area contributed by atoms with Crippen molar-refractivity contribution < 1.29 is 9.90 Å². The van der Waals surface area contributed by atoms with E-state index >= 15 is 0 Å². The second kappa shape index (κ2) is 5.18. The first-order chi connectivity index (χ1) is 10.1. The first-order valence-electron chi connectivity index (χ1n) is 6.48. The second-order valence-corrected chi connectivity index (χ2v) is 4.98. The summed E-state index contributed by atoms with van der Waals surface area (Å²) in [4.78, 5) is 15.9. The molecule has 2 aromatic heterocycles. The number of carbonyl (C=O) groups is 1. The minimum atomic E-state index is -1.05. The standard InChI is InChI=1S/C15H12ClN3O2/c1-2-9-7-14-17-12(10-5-3-4-6-11(10)16)8-13(15(20)21)19(14)18-9/h3-8H,2H2,1H3,(H,20,21). The number of halogens is 1. The maximum absolute atomic E-state index is 11.5. The average molecular weight is 302 g/mol. The van der Waals surface area contributed by atoms with Gasteiger partial charge in [-0.15, -0.1) is 0 Å². The van der Waals surface area contributed by atoms with Gasteiger partial charge in [0.1, 0.15) is 0 Å². The Morgan fingerprint density at radius 2 is 2.10 bits per heavy atom. The molecule has 0 aliphatic carbocycles. The fraction of sp³-hybridized carbons (Fsp3) is 0.133. The van der Waals surface area contributed by atoms with Crippen LogP contribution in [0.25, 0.3) is 16.9 Å². The summed E-state index contributed by atoms with van der Waals surface area (Å²) in [6.07, 6.45) is 0.712. The van der Waals surface area contributed by atoms with Crippen LogP contribution in [0.2, 0.25) is 5.02 Å². The van der Waals surface area contributed by atoms with Gasteiger partial charge in [0.25, 0.3) is 0 Å². The molecule has 0 saturated heterocycles. The third-order valence-electron chi connectivity index (χ3n) is 3.21. The number of aromatic nitrogens is 3. The van der Waals surface area contributed by atoms with Crippen molar-refractivity contribution in [2.24, 2.45) is 0 Å². The molecule has 6 heteroatoms. The lowest BCUT2D eigenvalue weighted by molar-refractivity contribution is 0.0687. The molecule has 2 heterocycles. The first kappa shape index (κ1) is 13.6. The van der Waals surface area contributed by atoms with Crippen LogP contribution in [-0.4, -0.2) is 25.7 Å². The summed E-state index contributed by atoms with van der Waals surface area (Å²) in [6.45, 7) is 1.96. The Balaban J connectivity index is 2.30. The maximum atomic E-state index is 11.5. The van der Waals surface area contributed by atoms with Crippen molar-refractivity contribution in [3.8, 4) is 11.3 Å². The summed E-state index contributed by atoms with van der Waals surface area (Å²) in [5, 5.41) is 14.2. The van der Waals surface area contributed by atoms with Crippen LogP contribution in [0.5, 0.6) is 0 Å². The molecular weight excluding hydrogens is 290 g/mol. The number of fused-ring (bicyclic) bond motifs is 1. The van der Waals surface area contributed by atoms with Gasteiger partial charge in [0.05, 0.1) is 11.4 Å². The third kappa shape index (κ3) is 2.36. The van der Waals surface area contributed by atoms with Gasteiger partial charge in [-0.25, -0.2) is 14.3 Å². The molecule has 3 aromatic rings. The number of nitrogens with zero attached hydrogens (tertiary/aromatic N) is 3. The number of benzene rings is 1. The van der Waals surface area contributed by atoms with Gasteiger partial charge in [0.2, 0.25) is 0 Å². The lowest BCUT2D eigenvalue weighted by atomic mass is 10.1. The largest absolute Gasteiger partial charge is 0.477 e. The predicted octanol–water partition coefficient (Wildman–Crippen LogP) is 3.31. The summed E-state index contributed by atoms with van der Waals surface area (Å²) in [6, 6.07) is 10.5. The molecule has 0 unspecified atom stereocenters. The fourth-order valence-electron chi connectivity index (χ4n) is 2.15. The predicted molar refractivity (Wildman–Crippen MR) is 79.8 cm³/mol. The molecule has 21 heavy (non-hydrogen) atoms. The van der Waals surface area contributed by atoms with Gasteiger partial charge in [-0.05, 0) is 18.6 Å². The zero-order valence-electron chi connectivity index (χ0n) is 11.2. The van der Waals surface area contributed by atoms with Gasteiger partial charge >= 0.3 is 5.97 Å². The highest BCUT2D eigenvalue weighted by molar-refractivity contribution is 6.33. The molecule has 0 radical (unpaired) electrons. The summed E-state index contributed by atoms with van der Waals surface area (Å²) < 4.78 is 1.35. The number of carboxylic acid groups (broad SMARTS) is 1. The highest BCUT2D eigenvalue weighted by atomic mass is 35.5. The van der Waals surface area contributed by atoms with Crippen molar-refractivity contribution >= 4 is 23.2 Å². The summed E-state index contributed by atoms with van der Waals surface area (Å²) in [5.74, 6) is -1.05. The van der Waals surface area contributed by atoms with Crippen LogP contribution in [0.3, 0.4) is 0 Å². The molecule has 0 aliphatic heterocycles. The SMILES string of the molecule is CCc1cc2nc(-c3ccccc3Cl)cc(C(=O)O)n2n1. The van der Waals surface area contributed by atoms with Crippen LogP contribution in [0.1, 0.15) is 23.1 Å². The molecule has 1 N–H and O–H groups in total. The van der Waals surface area contributed by atoms with Crippen molar-refractivity contribution in [2.75, 3.05) is 0 Å². The van der Waals surface area contributed by atoms with Gasteiger partial charge in [0.15, 0.2) is 11.3 Å². The normalized spacial score (nSPS) is 11.0. The highest BCUT2D eigenvalue weighted by Crippen LogP contribution is 2.27. The molecule has 5 nitrogen and oxygen atoms in total. The Morgan fingerprint density at radius 3 is 2.76 bits per heavy atom. The van der Waals surface area contributed by atoms with Crippen LogP contribution >= 0.6 is 11.6 Å². The number of rotatable bonds is 3. The van der Waals surface area contributed by atoms with Crippen molar-refractivity contribution in [2.45, 2.75) is 13.3 Å². The molecular formula is C15H12ClN3O2. The summed E-state index contributed by atoms with van der Waals surface area (Å²) in [7, 11) is 0. The number of aromatic carboxylic acids is 1. The smallest absolute Gasteiger partial charge is 0.354 e. The highest BCUT2D eigenvalue weighted by Gasteiger charge is 2.16. The monoisotopic (exact) mass is 301 g/mol. The van der Waals surface area contributed by atoms with E-state index in [0.29, 0.717) is 28.3 Å². The van der Waals surface area contributed by atoms with Crippen LogP contribution in [0.4, 0.5) is 0 Å². The van der Waals surface area contributed by atoms with Gasteiger partial charge in [0, 0.05) is 16.7 Å². The molecule has 0 aliphatic rings. The molecule has 3 rings (SSSR count). The third-order valence-corrected chi connectivity index (χ3v) is 3.54. The molecule has 0 saturated carbocycles. The Morgan fingerprint density at radius 1 is 1.33 bits per heavy atom. The number of hydrogen-bond donors (Lipinski definition) is 1. The first-order valence-corrected chi connectivity index (χ1v) is 6.86. The fourth-order valence-corrected chi connectivity index (χ4v) is 2.39. The van der Waals surface area contributed by atoms with Crippen molar-refractivity contribution in [3.05, 3.63) is 52.8 Å². The Hall–Kier alpha value is -2.40. The van der Waals surface area contributed by atoms with Gasteiger partial charge < -0.3 is 5.11 Å². The molecule has 1 aromatic carbocycles. The van der Waals surface area contributed by atoms with Crippen LogP contribution in [0.15, 0.2) is 36.4 Å². The lowest BCUT2D eigenvalue weighted by Crippen LogP contribution is -2.08. The van der Waals surface area contributed by atoms with Gasteiger partial charge in [-0.1, -0.05) is 36.7 Å². The van der Waals surface area contributed by atoms with E-state index in [9.17, 15) is 9.90 Å². The number of aryl methyl sites for hydroxylation is 1. The van der Waals surface area contributed by atoms with E-state index < -0.39 is 5.97 Å². The van der Waals surface area contributed by atoms with Gasteiger partial charge in [-0.2, -0.15) is 5.10 Å². The Bertz CT molecular complexity index is 842. The minimum Gasteiger partial charge on any atom is -0.477 e. The van der Waals surface area contributed by atoms with Crippen molar-refractivity contribution in [1.29, 1.82) is 0 Å². The van der Waals surface area contributed by atoms with Crippen molar-refractivity contribution in [1.82, 2.24) is 14.6 Å². The molecule has 0 fully saturated rings. The Kier molecular flexibility index (Phi) is 3.35. The molecule has 0 spiro atoms. The quantitative estimate of drug-likeness (QED) is 0.806. The van der Waals surface area contributed by atoms with E-state index in [-0.39, 0.29) is 5.69 Å². The molecule has 106 valence electrons. The van der Waals surface area contributed by atoms with E-state index in [1.54, 1.807) is 12.1 Å². The van der Waals surface area contributed by atoms with E-state index in [4.69, 9.17) is 11.6 Å². The van der Waals surface area contributed by atoms with Crippen LogP contribution in [-0.2, 0) is 6.42 Å². The van der Waals surface area contributed by atoms with E-state index in [1.165, 1.54) is 10.6 Å². The minimum absolute atomic E-state index is 0.0645. The van der Waals surface area contributed by atoms with Crippen LogP contribution in [0, 0.1) is 0 Å². The van der Waals surface area contributed by atoms with E-state index in [0.717, 1.165) is 5.69 Å². The molecule has 0 amide bonds. The second-order valence-electron chi connectivity index (χ2n) is 4.57. The zero-order valence-corrected chi connectivity index (χ0v) is 12.0. The summed E-state index contributed by atoms with van der Waals surface area (Å²) >= 11 is 6.16. The summed E-state index contributed by atoms with van der Waals surface area (Å²) in [5.41, 5.74) is 2.58. The van der Waals surface area contributed by atoms with Crippen molar-refractivity contribution in [3.63, 3.8) is 0 Å². The lowest BCUT2D eigenvalue weighted by Gasteiger charge is -2.06. The van der Waals surface area contributed by atoms with Gasteiger partial charge in [-0.3, -0.25) is 0 Å². The number of hydrogen-bond acceptors (Lipinski definition) is 3. The average Bonchev–Trinajstić information content (AvgIpc) is 2.89. The van der Waals surface area contributed by atoms with Crippen LogP contribution < -0.4 is 0 Å². The molecule has 0 bridgehead atoms. The molecule has 0 atom stereocenters. The van der Waals surface area contributed by atoms with E-state index in [2.05, 4.69) is 10.1 Å². The topological polar surface area (TPSA) is 67.5 Å². The zero-order chi connectivity index (χ0) is 15.0. The number of carboxylic acids is 1. The van der Waals surface area contributed by atoms with E-state index in [1.807, 2.05) is 25.1 Å². The maximum Gasteiger partial charge on any atom is 0.354 e.